The second-order valence-corrected chi connectivity index (χ2v) is 4.24. The van der Waals surface area contributed by atoms with E-state index in [1.807, 2.05) is 12.1 Å². The summed E-state index contributed by atoms with van der Waals surface area (Å²) >= 11 is 0. The van der Waals surface area contributed by atoms with Crippen LogP contribution in [0.25, 0.3) is 0 Å². The van der Waals surface area contributed by atoms with Crippen molar-refractivity contribution in [3.63, 3.8) is 0 Å². The van der Waals surface area contributed by atoms with Gasteiger partial charge in [0.25, 0.3) is 0 Å². The van der Waals surface area contributed by atoms with E-state index in [0.717, 1.165) is 12.1 Å². The molecule has 1 aromatic carbocycles. The van der Waals surface area contributed by atoms with Crippen LogP contribution in [0.4, 0.5) is 11.5 Å². The maximum Gasteiger partial charge on any atom is 0.128 e. The molecule has 0 aliphatic heterocycles. The van der Waals surface area contributed by atoms with E-state index in [-0.39, 0.29) is 0 Å². The Kier molecular flexibility index (Phi) is 3.28. The van der Waals surface area contributed by atoms with Crippen molar-refractivity contribution in [1.82, 2.24) is 4.98 Å². The van der Waals surface area contributed by atoms with E-state index >= 15 is 0 Å². The van der Waals surface area contributed by atoms with E-state index in [0.29, 0.717) is 5.82 Å². The van der Waals surface area contributed by atoms with Crippen LogP contribution in [0.15, 0.2) is 42.6 Å². The number of nitrogens with two attached hydrogens (primary N) is 1. The number of nitrogens with zero attached hydrogens (tertiary/aromatic N) is 2. The van der Waals surface area contributed by atoms with Crippen molar-refractivity contribution in [2.24, 2.45) is 0 Å². The first-order valence-corrected chi connectivity index (χ1v) is 5.64. The van der Waals surface area contributed by atoms with Gasteiger partial charge in [-0.05, 0) is 25.1 Å². The summed E-state index contributed by atoms with van der Waals surface area (Å²) in [6, 6.07) is 12.4. The number of hydrogen-bond acceptors (Lipinski definition) is 3. The molecule has 2 rings (SSSR count). The molecular weight excluding hydrogens is 210 g/mol. The van der Waals surface area contributed by atoms with Crippen molar-refractivity contribution in [1.29, 1.82) is 0 Å². The van der Waals surface area contributed by atoms with Crippen LogP contribution in [0.3, 0.4) is 0 Å². The third-order valence-corrected chi connectivity index (χ3v) is 2.81. The van der Waals surface area contributed by atoms with Crippen LogP contribution in [0.5, 0.6) is 0 Å². The standard InChI is InChI=1S/C14H17N3/c1-11-5-7-13(8-6-11)17(2)10-12-4-3-9-16-14(12)15/h3-9H,10H2,1-2H3,(H2,15,16). The molecule has 1 aromatic heterocycles. The topological polar surface area (TPSA) is 42.2 Å². The number of anilines is 2. The molecule has 1 heterocycles. The van der Waals surface area contributed by atoms with Crippen molar-refractivity contribution in [2.45, 2.75) is 13.5 Å². The molecule has 0 saturated heterocycles. The maximum absolute atomic E-state index is 5.83. The molecule has 2 N–H and O–H groups in total. The molecule has 88 valence electrons. The first kappa shape index (κ1) is 11.5. The van der Waals surface area contributed by atoms with Crippen LogP contribution in [0.1, 0.15) is 11.1 Å². The summed E-state index contributed by atoms with van der Waals surface area (Å²) in [6.45, 7) is 2.85. The smallest absolute Gasteiger partial charge is 0.128 e. The highest BCUT2D eigenvalue weighted by Crippen LogP contribution is 2.17. The maximum atomic E-state index is 5.83. The SMILES string of the molecule is Cc1ccc(N(C)Cc2cccnc2N)cc1. The number of pyridine rings is 1. The number of aromatic nitrogens is 1. The Bertz CT molecular complexity index is 491. The van der Waals surface area contributed by atoms with E-state index in [2.05, 4.69) is 48.1 Å². The van der Waals surface area contributed by atoms with Crippen LogP contribution in [-0.4, -0.2) is 12.0 Å². The zero-order valence-electron chi connectivity index (χ0n) is 10.2. The van der Waals surface area contributed by atoms with Crippen LogP contribution in [-0.2, 0) is 6.54 Å². The molecule has 0 aliphatic rings. The predicted octanol–water partition coefficient (Wildman–Crippen LogP) is 2.61. The third kappa shape index (κ3) is 2.75. The lowest BCUT2D eigenvalue weighted by molar-refractivity contribution is 0.918. The number of nitrogen functional groups attached to an aromatic ring is 1. The lowest BCUT2D eigenvalue weighted by Gasteiger charge is -2.20. The van der Waals surface area contributed by atoms with Gasteiger partial charge in [-0.25, -0.2) is 4.98 Å². The Morgan fingerprint density at radius 1 is 1.18 bits per heavy atom. The summed E-state index contributed by atoms with van der Waals surface area (Å²) in [5.41, 5.74) is 9.33. The summed E-state index contributed by atoms with van der Waals surface area (Å²) in [6.07, 6.45) is 1.71. The Morgan fingerprint density at radius 2 is 1.88 bits per heavy atom. The molecule has 0 fully saturated rings. The fourth-order valence-corrected chi connectivity index (χ4v) is 1.73. The van der Waals surface area contributed by atoms with Crippen LogP contribution >= 0.6 is 0 Å². The average Bonchev–Trinajstić information content (AvgIpc) is 2.33. The fraction of sp³-hybridized carbons (Fsp3) is 0.214. The molecule has 3 nitrogen and oxygen atoms in total. The largest absolute Gasteiger partial charge is 0.383 e. The number of benzene rings is 1. The highest BCUT2D eigenvalue weighted by atomic mass is 15.1. The Hall–Kier alpha value is -2.03. The molecule has 0 saturated carbocycles. The summed E-state index contributed by atoms with van der Waals surface area (Å²) in [5.74, 6) is 0.603. The molecule has 0 amide bonds. The van der Waals surface area contributed by atoms with Crippen molar-refractivity contribution >= 4 is 11.5 Å². The Morgan fingerprint density at radius 3 is 2.53 bits per heavy atom. The van der Waals surface area contributed by atoms with Gasteiger partial charge >= 0.3 is 0 Å². The van der Waals surface area contributed by atoms with E-state index < -0.39 is 0 Å². The van der Waals surface area contributed by atoms with Crippen LogP contribution in [0, 0.1) is 6.92 Å². The average molecular weight is 227 g/mol. The first-order chi connectivity index (χ1) is 8.16. The number of hydrogen-bond donors (Lipinski definition) is 1. The zero-order valence-corrected chi connectivity index (χ0v) is 10.2. The van der Waals surface area contributed by atoms with Crippen molar-refractivity contribution in [3.8, 4) is 0 Å². The van der Waals surface area contributed by atoms with Gasteiger partial charge in [-0.15, -0.1) is 0 Å². The van der Waals surface area contributed by atoms with E-state index in [1.54, 1.807) is 6.20 Å². The fourth-order valence-electron chi connectivity index (χ4n) is 1.73. The monoisotopic (exact) mass is 227 g/mol. The minimum absolute atomic E-state index is 0.603. The Balaban J connectivity index is 2.14. The summed E-state index contributed by atoms with van der Waals surface area (Å²) in [4.78, 5) is 6.25. The van der Waals surface area contributed by atoms with E-state index in [9.17, 15) is 0 Å². The van der Waals surface area contributed by atoms with Gasteiger partial charge < -0.3 is 10.6 Å². The molecule has 0 spiro atoms. The number of rotatable bonds is 3. The predicted molar refractivity (Wildman–Crippen MR) is 71.9 cm³/mol. The van der Waals surface area contributed by atoms with Gasteiger partial charge in [0.2, 0.25) is 0 Å². The van der Waals surface area contributed by atoms with Gasteiger partial charge in [0, 0.05) is 31.0 Å². The second kappa shape index (κ2) is 4.87. The molecule has 2 aromatic rings. The summed E-state index contributed by atoms with van der Waals surface area (Å²) in [7, 11) is 2.05. The highest BCUT2D eigenvalue weighted by Gasteiger charge is 2.04. The number of aryl methyl sites for hydroxylation is 1. The summed E-state index contributed by atoms with van der Waals surface area (Å²) < 4.78 is 0. The lowest BCUT2D eigenvalue weighted by atomic mass is 10.2. The highest BCUT2D eigenvalue weighted by molar-refractivity contribution is 5.49. The van der Waals surface area contributed by atoms with E-state index in [4.69, 9.17) is 5.73 Å². The normalized spacial score (nSPS) is 10.2. The molecule has 0 aliphatic carbocycles. The van der Waals surface area contributed by atoms with Gasteiger partial charge in [0.1, 0.15) is 5.82 Å². The molecular formula is C14H17N3. The van der Waals surface area contributed by atoms with Crippen molar-refractivity contribution < 1.29 is 0 Å². The molecule has 0 radical (unpaired) electrons. The first-order valence-electron chi connectivity index (χ1n) is 5.64. The molecule has 0 bridgehead atoms. The van der Waals surface area contributed by atoms with Crippen LogP contribution in [0.2, 0.25) is 0 Å². The zero-order chi connectivity index (χ0) is 12.3. The molecule has 0 unspecified atom stereocenters. The van der Waals surface area contributed by atoms with Gasteiger partial charge in [-0.3, -0.25) is 0 Å². The van der Waals surface area contributed by atoms with Gasteiger partial charge in [0.15, 0.2) is 0 Å². The molecule has 17 heavy (non-hydrogen) atoms. The quantitative estimate of drug-likeness (QED) is 0.876. The van der Waals surface area contributed by atoms with Crippen LogP contribution < -0.4 is 10.6 Å². The lowest BCUT2D eigenvalue weighted by Crippen LogP contribution is -2.17. The Labute approximate surface area is 102 Å². The van der Waals surface area contributed by atoms with Gasteiger partial charge in [-0.1, -0.05) is 23.8 Å². The second-order valence-electron chi connectivity index (χ2n) is 4.24. The summed E-state index contributed by atoms with van der Waals surface area (Å²) in [5, 5.41) is 0. The minimum atomic E-state index is 0.603. The van der Waals surface area contributed by atoms with Crippen molar-refractivity contribution in [2.75, 3.05) is 17.7 Å². The molecule has 0 atom stereocenters. The molecule has 3 heteroatoms. The van der Waals surface area contributed by atoms with Gasteiger partial charge in [-0.2, -0.15) is 0 Å². The van der Waals surface area contributed by atoms with Gasteiger partial charge in [0.05, 0.1) is 0 Å². The van der Waals surface area contributed by atoms with E-state index in [1.165, 1.54) is 11.3 Å². The third-order valence-electron chi connectivity index (χ3n) is 2.81. The van der Waals surface area contributed by atoms with Crippen molar-refractivity contribution in [3.05, 3.63) is 53.7 Å². The minimum Gasteiger partial charge on any atom is -0.383 e.